The number of nitrogens with zero attached hydrogens (tertiary/aromatic N) is 1. The summed E-state index contributed by atoms with van der Waals surface area (Å²) in [6, 6.07) is 13.4. The summed E-state index contributed by atoms with van der Waals surface area (Å²) in [5.74, 6) is 1.01. The normalized spacial score (nSPS) is 10.9. The van der Waals surface area contributed by atoms with Crippen LogP contribution in [-0.4, -0.2) is 47.9 Å². The number of nitrogens with one attached hydrogen (secondary N) is 1. The van der Waals surface area contributed by atoms with Crippen molar-refractivity contribution in [2.24, 2.45) is 0 Å². The van der Waals surface area contributed by atoms with Gasteiger partial charge in [0, 0.05) is 12.1 Å². The average molecular weight is 378 g/mol. The molecule has 0 atom stereocenters. The fraction of sp³-hybridized carbons (Fsp3) is 0.278. The molecule has 0 aliphatic heterocycles. The highest BCUT2D eigenvalue weighted by molar-refractivity contribution is 7.92. The Balaban J connectivity index is 2.01. The molecule has 0 aromatic heterocycles. The number of carbonyl (C=O) groups excluding carboxylic acids is 1. The second kappa shape index (κ2) is 8.57. The maximum atomic E-state index is 12.2. The molecule has 2 rings (SSSR count). The summed E-state index contributed by atoms with van der Waals surface area (Å²) in [5, 5.41) is 2.72. The Bertz CT molecular complexity index is 833. The first-order valence-electron chi connectivity index (χ1n) is 7.89. The van der Waals surface area contributed by atoms with Crippen molar-refractivity contribution in [3.8, 4) is 11.5 Å². The predicted octanol–water partition coefficient (Wildman–Crippen LogP) is 1.90. The number of sulfonamides is 1. The van der Waals surface area contributed by atoms with Crippen molar-refractivity contribution in [1.29, 1.82) is 0 Å². The summed E-state index contributed by atoms with van der Waals surface area (Å²) in [7, 11) is -0.395. The van der Waals surface area contributed by atoms with Gasteiger partial charge in [0.2, 0.25) is 10.0 Å². The van der Waals surface area contributed by atoms with Gasteiger partial charge in [-0.05, 0) is 48.5 Å². The molecule has 0 aliphatic carbocycles. The van der Waals surface area contributed by atoms with E-state index < -0.39 is 10.0 Å². The zero-order chi connectivity index (χ0) is 19.2. The second-order valence-electron chi connectivity index (χ2n) is 5.52. The van der Waals surface area contributed by atoms with Gasteiger partial charge in [-0.3, -0.25) is 9.10 Å². The van der Waals surface area contributed by atoms with E-state index in [9.17, 15) is 13.2 Å². The highest BCUT2D eigenvalue weighted by Gasteiger charge is 2.17. The lowest BCUT2D eigenvalue weighted by Crippen LogP contribution is -2.38. The summed E-state index contributed by atoms with van der Waals surface area (Å²) in [6.07, 6.45) is 1.13. The molecule has 1 amide bonds. The standard InChI is InChI=1S/C18H22N2O5S/c1-24-16-8-4-14(5-9-16)18(21)19-12-13-20(26(3,22)23)15-6-10-17(25-2)11-7-15/h4-11H,12-13H2,1-3H3,(H,19,21). The summed E-state index contributed by atoms with van der Waals surface area (Å²) < 4.78 is 35.5. The Hall–Kier alpha value is -2.74. The fourth-order valence-corrected chi connectivity index (χ4v) is 3.28. The molecule has 0 aliphatic rings. The number of hydrogen-bond acceptors (Lipinski definition) is 5. The van der Waals surface area contributed by atoms with Crippen LogP contribution in [0.5, 0.6) is 11.5 Å². The Labute approximate surface area is 153 Å². The van der Waals surface area contributed by atoms with Crippen LogP contribution >= 0.6 is 0 Å². The van der Waals surface area contributed by atoms with E-state index in [1.54, 1.807) is 55.6 Å². The molecular formula is C18H22N2O5S. The molecule has 0 bridgehead atoms. The smallest absolute Gasteiger partial charge is 0.251 e. The third-order valence-corrected chi connectivity index (χ3v) is 4.91. The Morgan fingerprint density at radius 1 is 0.962 bits per heavy atom. The van der Waals surface area contributed by atoms with Crippen molar-refractivity contribution in [1.82, 2.24) is 5.32 Å². The van der Waals surface area contributed by atoms with Gasteiger partial charge in [0.05, 0.1) is 32.7 Å². The molecular weight excluding hydrogens is 356 g/mol. The third kappa shape index (κ3) is 5.13. The van der Waals surface area contributed by atoms with E-state index in [0.29, 0.717) is 22.7 Å². The minimum atomic E-state index is -3.48. The highest BCUT2D eigenvalue weighted by atomic mass is 32.2. The molecule has 7 nitrogen and oxygen atoms in total. The number of carbonyl (C=O) groups is 1. The molecule has 0 unspecified atom stereocenters. The maximum Gasteiger partial charge on any atom is 0.251 e. The van der Waals surface area contributed by atoms with Gasteiger partial charge in [-0.1, -0.05) is 0 Å². The number of benzene rings is 2. The Morgan fingerprint density at radius 3 is 1.92 bits per heavy atom. The SMILES string of the molecule is COc1ccc(C(=O)NCCN(c2ccc(OC)cc2)S(C)(=O)=O)cc1. The van der Waals surface area contributed by atoms with E-state index >= 15 is 0 Å². The van der Waals surface area contributed by atoms with E-state index in [2.05, 4.69) is 5.32 Å². The van der Waals surface area contributed by atoms with Gasteiger partial charge in [0.15, 0.2) is 0 Å². The minimum absolute atomic E-state index is 0.118. The molecule has 0 saturated heterocycles. The Morgan fingerprint density at radius 2 is 1.46 bits per heavy atom. The number of hydrogen-bond donors (Lipinski definition) is 1. The van der Waals surface area contributed by atoms with Crippen molar-refractivity contribution < 1.29 is 22.7 Å². The lowest BCUT2D eigenvalue weighted by atomic mass is 10.2. The van der Waals surface area contributed by atoms with Gasteiger partial charge in [-0.25, -0.2) is 8.42 Å². The number of ether oxygens (including phenoxy) is 2. The Kier molecular flexibility index (Phi) is 6.46. The molecule has 8 heteroatoms. The van der Waals surface area contributed by atoms with Crippen LogP contribution in [0.15, 0.2) is 48.5 Å². The van der Waals surface area contributed by atoms with Gasteiger partial charge < -0.3 is 14.8 Å². The molecule has 1 N–H and O–H groups in total. The van der Waals surface area contributed by atoms with Gasteiger partial charge in [-0.2, -0.15) is 0 Å². The van der Waals surface area contributed by atoms with Crippen molar-refractivity contribution in [3.63, 3.8) is 0 Å². The quantitative estimate of drug-likeness (QED) is 0.758. The van der Waals surface area contributed by atoms with Gasteiger partial charge in [0.1, 0.15) is 11.5 Å². The van der Waals surface area contributed by atoms with Gasteiger partial charge in [0.25, 0.3) is 5.91 Å². The van der Waals surface area contributed by atoms with Crippen LogP contribution in [0, 0.1) is 0 Å². The van der Waals surface area contributed by atoms with Crippen LogP contribution in [0.2, 0.25) is 0 Å². The number of anilines is 1. The first-order valence-corrected chi connectivity index (χ1v) is 9.74. The van der Waals surface area contributed by atoms with Crippen LogP contribution in [0.4, 0.5) is 5.69 Å². The predicted molar refractivity (Wildman–Crippen MR) is 101 cm³/mol. The van der Waals surface area contributed by atoms with Crippen molar-refractivity contribution in [3.05, 3.63) is 54.1 Å². The maximum absolute atomic E-state index is 12.2. The first-order chi connectivity index (χ1) is 12.3. The van der Waals surface area contributed by atoms with E-state index in [1.807, 2.05) is 0 Å². The molecule has 0 spiro atoms. The molecule has 0 fully saturated rings. The highest BCUT2D eigenvalue weighted by Crippen LogP contribution is 2.21. The second-order valence-corrected chi connectivity index (χ2v) is 7.42. The number of rotatable bonds is 8. The lowest BCUT2D eigenvalue weighted by Gasteiger charge is -2.22. The number of amides is 1. The number of methoxy groups -OCH3 is 2. The van der Waals surface area contributed by atoms with Crippen molar-refractivity contribution in [2.75, 3.05) is 37.9 Å². The van der Waals surface area contributed by atoms with E-state index in [0.717, 1.165) is 6.26 Å². The van der Waals surface area contributed by atoms with E-state index in [1.165, 1.54) is 11.4 Å². The largest absolute Gasteiger partial charge is 0.497 e. The topological polar surface area (TPSA) is 84.9 Å². The van der Waals surface area contributed by atoms with Crippen LogP contribution in [0.1, 0.15) is 10.4 Å². The monoisotopic (exact) mass is 378 g/mol. The molecule has 26 heavy (non-hydrogen) atoms. The van der Waals surface area contributed by atoms with E-state index in [4.69, 9.17) is 9.47 Å². The fourth-order valence-electron chi connectivity index (χ4n) is 2.35. The minimum Gasteiger partial charge on any atom is -0.497 e. The molecule has 0 radical (unpaired) electrons. The first kappa shape index (κ1) is 19.6. The summed E-state index contributed by atoms with van der Waals surface area (Å²) in [5.41, 5.74) is 0.980. The average Bonchev–Trinajstić information content (AvgIpc) is 2.64. The van der Waals surface area contributed by atoms with E-state index in [-0.39, 0.29) is 19.0 Å². The van der Waals surface area contributed by atoms with Gasteiger partial charge in [-0.15, -0.1) is 0 Å². The van der Waals surface area contributed by atoms with Crippen LogP contribution in [0.3, 0.4) is 0 Å². The van der Waals surface area contributed by atoms with Crippen LogP contribution in [-0.2, 0) is 10.0 Å². The third-order valence-electron chi connectivity index (χ3n) is 3.71. The molecule has 2 aromatic rings. The molecule has 0 heterocycles. The van der Waals surface area contributed by atoms with Crippen molar-refractivity contribution in [2.45, 2.75) is 0 Å². The molecule has 140 valence electrons. The zero-order valence-electron chi connectivity index (χ0n) is 14.9. The van der Waals surface area contributed by atoms with Crippen LogP contribution < -0.4 is 19.1 Å². The molecule has 2 aromatic carbocycles. The summed E-state index contributed by atoms with van der Waals surface area (Å²) in [6.45, 7) is 0.289. The summed E-state index contributed by atoms with van der Waals surface area (Å²) in [4.78, 5) is 12.2. The summed E-state index contributed by atoms with van der Waals surface area (Å²) >= 11 is 0. The van der Waals surface area contributed by atoms with Gasteiger partial charge >= 0.3 is 0 Å². The van der Waals surface area contributed by atoms with Crippen LogP contribution in [0.25, 0.3) is 0 Å². The lowest BCUT2D eigenvalue weighted by molar-refractivity contribution is 0.0955. The molecule has 0 saturated carbocycles. The zero-order valence-corrected chi connectivity index (χ0v) is 15.7. The van der Waals surface area contributed by atoms with Crippen molar-refractivity contribution >= 4 is 21.6 Å².